The molecule has 1 aliphatic heterocycles. The number of hydrogen-bond donors (Lipinski definition) is 3. The molecule has 2 aromatic carbocycles. The number of carboxylic acid groups (broad SMARTS) is 1. The molecule has 3 aromatic rings. The van der Waals surface area contributed by atoms with Crippen molar-refractivity contribution in [2.75, 3.05) is 38.6 Å². The zero-order valence-corrected chi connectivity index (χ0v) is 21.4. The Kier molecular flexibility index (Phi) is 8.42. The van der Waals surface area contributed by atoms with Gasteiger partial charge in [-0.15, -0.1) is 0 Å². The van der Waals surface area contributed by atoms with E-state index in [1.54, 1.807) is 19.4 Å². The van der Waals surface area contributed by atoms with Gasteiger partial charge in [0.15, 0.2) is 11.6 Å². The third-order valence-electron chi connectivity index (χ3n) is 7.55. The summed E-state index contributed by atoms with van der Waals surface area (Å²) in [5.41, 5.74) is 0.904. The average Bonchev–Trinajstić information content (AvgIpc) is 2.89. The summed E-state index contributed by atoms with van der Waals surface area (Å²) in [6.45, 7) is 3.52. The number of anilines is 1. The molecule has 204 valence electrons. The number of nitrogens with one attached hydrogen (secondary N) is 1. The van der Waals surface area contributed by atoms with Crippen LogP contribution in [0.25, 0.3) is 10.9 Å². The molecule has 0 amide bonds. The Labute approximate surface area is 219 Å². The Hall–Kier alpha value is -3.37. The highest BCUT2D eigenvalue weighted by atomic mass is 19.1. The van der Waals surface area contributed by atoms with E-state index in [9.17, 15) is 28.2 Å². The number of aryl methyl sites for hydroxylation is 1. The van der Waals surface area contributed by atoms with Gasteiger partial charge in [-0.05, 0) is 75.0 Å². The first-order valence-corrected chi connectivity index (χ1v) is 12.6. The Morgan fingerprint density at radius 2 is 1.87 bits per heavy atom. The summed E-state index contributed by atoms with van der Waals surface area (Å²) < 4.78 is 46.1. The number of carboxylic acids is 1. The van der Waals surface area contributed by atoms with E-state index in [2.05, 4.69) is 10.3 Å². The molecule has 0 spiro atoms. The molecular weight excluding hydrogens is 499 g/mol. The minimum Gasteiger partial charge on any atom is -0.497 e. The molecule has 0 saturated carbocycles. The SMILES string of the molecule is COc1ccc2ncc(C)c([C@H](O)CCC3(C(=O)O)CCN(CCNc4c(F)cc(F)cc4F)CC3)c2c1. The van der Waals surface area contributed by atoms with Gasteiger partial charge in [0, 0.05) is 36.8 Å². The number of piperidine rings is 1. The number of ether oxygens (including phenoxy) is 1. The highest BCUT2D eigenvalue weighted by Gasteiger charge is 2.41. The fourth-order valence-corrected chi connectivity index (χ4v) is 5.24. The van der Waals surface area contributed by atoms with E-state index in [-0.39, 0.29) is 18.7 Å². The maximum absolute atomic E-state index is 13.8. The van der Waals surface area contributed by atoms with Crippen molar-refractivity contribution >= 4 is 22.6 Å². The highest BCUT2D eigenvalue weighted by Crippen LogP contribution is 2.40. The van der Waals surface area contributed by atoms with E-state index in [0.717, 1.165) is 22.0 Å². The molecule has 2 heterocycles. The normalized spacial score (nSPS) is 16.4. The maximum atomic E-state index is 13.8. The van der Waals surface area contributed by atoms with Crippen LogP contribution in [0.2, 0.25) is 0 Å². The monoisotopic (exact) mass is 531 g/mol. The first kappa shape index (κ1) is 27.7. The van der Waals surface area contributed by atoms with Gasteiger partial charge in [-0.3, -0.25) is 9.78 Å². The third kappa shape index (κ3) is 5.86. The summed E-state index contributed by atoms with van der Waals surface area (Å²) in [6, 6.07) is 6.70. The molecule has 1 atom stereocenters. The highest BCUT2D eigenvalue weighted by molar-refractivity contribution is 5.85. The lowest BCUT2D eigenvalue weighted by atomic mass is 9.74. The van der Waals surface area contributed by atoms with Gasteiger partial charge in [0.05, 0.1) is 24.1 Å². The number of hydrogen-bond acceptors (Lipinski definition) is 6. The zero-order valence-electron chi connectivity index (χ0n) is 21.4. The lowest BCUT2D eigenvalue weighted by Gasteiger charge is -2.39. The second kappa shape index (κ2) is 11.6. The van der Waals surface area contributed by atoms with Gasteiger partial charge >= 0.3 is 5.97 Å². The zero-order chi connectivity index (χ0) is 27.4. The molecular formula is C28H32F3N3O4. The number of rotatable bonds is 10. The quantitative estimate of drug-likeness (QED) is 0.337. The van der Waals surface area contributed by atoms with Crippen molar-refractivity contribution in [1.82, 2.24) is 9.88 Å². The number of aliphatic hydroxyl groups excluding tert-OH is 1. The summed E-state index contributed by atoms with van der Waals surface area (Å²) in [7, 11) is 1.57. The molecule has 1 fully saturated rings. The van der Waals surface area contributed by atoms with Gasteiger partial charge in [0.2, 0.25) is 0 Å². The minimum absolute atomic E-state index is 0.218. The lowest BCUT2D eigenvalue weighted by Crippen LogP contribution is -2.45. The Bertz CT molecular complexity index is 1290. The van der Waals surface area contributed by atoms with Crippen molar-refractivity contribution in [3.05, 3.63) is 65.1 Å². The number of carbonyl (C=O) groups is 1. The van der Waals surface area contributed by atoms with E-state index in [1.807, 2.05) is 24.0 Å². The molecule has 3 N–H and O–H groups in total. The molecule has 0 bridgehead atoms. The van der Waals surface area contributed by atoms with Crippen LogP contribution >= 0.6 is 0 Å². The smallest absolute Gasteiger partial charge is 0.309 e. The van der Waals surface area contributed by atoms with Crippen molar-refractivity contribution in [2.24, 2.45) is 5.41 Å². The largest absolute Gasteiger partial charge is 0.497 e. The van der Waals surface area contributed by atoms with Crippen molar-refractivity contribution in [3.63, 3.8) is 0 Å². The summed E-state index contributed by atoms with van der Waals surface area (Å²) >= 11 is 0. The number of aliphatic hydroxyl groups is 1. The van der Waals surface area contributed by atoms with Crippen LogP contribution in [0.15, 0.2) is 36.5 Å². The fourth-order valence-electron chi connectivity index (χ4n) is 5.24. The van der Waals surface area contributed by atoms with E-state index in [1.165, 1.54) is 0 Å². The second-order valence-corrected chi connectivity index (χ2v) is 9.89. The number of fused-ring (bicyclic) bond motifs is 1. The third-order valence-corrected chi connectivity index (χ3v) is 7.55. The molecule has 10 heteroatoms. The van der Waals surface area contributed by atoms with Crippen LogP contribution in [0.5, 0.6) is 5.75 Å². The van der Waals surface area contributed by atoms with Crippen LogP contribution < -0.4 is 10.1 Å². The summed E-state index contributed by atoms with van der Waals surface area (Å²) in [6.07, 6.45) is 2.18. The predicted octanol–water partition coefficient (Wildman–Crippen LogP) is 5.06. The molecule has 7 nitrogen and oxygen atoms in total. The summed E-state index contributed by atoms with van der Waals surface area (Å²) in [5.74, 6) is -3.23. The lowest BCUT2D eigenvalue weighted by molar-refractivity contribution is -0.153. The minimum atomic E-state index is -1.000. The van der Waals surface area contributed by atoms with Crippen LogP contribution in [-0.2, 0) is 4.79 Å². The van der Waals surface area contributed by atoms with Crippen LogP contribution in [0, 0.1) is 29.8 Å². The predicted molar refractivity (Wildman–Crippen MR) is 138 cm³/mol. The summed E-state index contributed by atoms with van der Waals surface area (Å²) in [4.78, 5) is 18.8. The second-order valence-electron chi connectivity index (χ2n) is 9.89. The number of pyridine rings is 1. The standard InChI is InChI=1S/C28H32F3N3O4/c1-17-16-33-23-4-3-19(38-2)15-20(23)25(17)24(35)5-6-28(27(36)37)7-10-34(11-8-28)12-9-32-26-21(30)13-18(29)14-22(26)31/h3-4,13-16,24,32,35H,5-12H2,1-2H3,(H,36,37)/t24-/m1/s1. The van der Waals surface area contributed by atoms with E-state index in [4.69, 9.17) is 4.74 Å². The van der Waals surface area contributed by atoms with Gasteiger partial charge in [-0.2, -0.15) is 0 Å². The van der Waals surface area contributed by atoms with E-state index >= 15 is 0 Å². The topological polar surface area (TPSA) is 94.9 Å². The first-order valence-electron chi connectivity index (χ1n) is 12.6. The number of aliphatic carboxylic acids is 1. The molecule has 0 aliphatic carbocycles. The Morgan fingerprint density at radius 3 is 2.50 bits per heavy atom. The number of benzene rings is 2. The molecule has 1 aliphatic rings. The molecule has 38 heavy (non-hydrogen) atoms. The average molecular weight is 532 g/mol. The molecule has 0 radical (unpaired) electrons. The van der Waals surface area contributed by atoms with Crippen molar-refractivity contribution in [3.8, 4) is 5.75 Å². The van der Waals surface area contributed by atoms with Crippen LogP contribution in [0.1, 0.15) is 42.9 Å². The molecule has 4 rings (SSSR count). The van der Waals surface area contributed by atoms with Crippen molar-refractivity contribution in [2.45, 2.75) is 38.7 Å². The van der Waals surface area contributed by atoms with E-state index in [0.29, 0.717) is 56.8 Å². The van der Waals surface area contributed by atoms with Gasteiger partial charge in [0.25, 0.3) is 0 Å². The van der Waals surface area contributed by atoms with Crippen molar-refractivity contribution in [1.29, 1.82) is 0 Å². The van der Waals surface area contributed by atoms with Gasteiger partial charge in [-0.1, -0.05) is 0 Å². The fraction of sp³-hybridized carbons (Fsp3) is 0.429. The number of nitrogens with zero attached hydrogens (tertiary/aromatic N) is 2. The van der Waals surface area contributed by atoms with Crippen LogP contribution in [-0.4, -0.2) is 59.4 Å². The van der Waals surface area contributed by atoms with Crippen LogP contribution in [0.4, 0.5) is 18.9 Å². The molecule has 0 unspecified atom stereocenters. The Morgan fingerprint density at radius 1 is 1.18 bits per heavy atom. The number of methoxy groups -OCH3 is 1. The van der Waals surface area contributed by atoms with Crippen molar-refractivity contribution < 1.29 is 32.9 Å². The number of likely N-dealkylation sites (tertiary alicyclic amines) is 1. The number of aromatic nitrogens is 1. The number of halogens is 3. The van der Waals surface area contributed by atoms with Crippen LogP contribution in [0.3, 0.4) is 0 Å². The Balaban J connectivity index is 1.37. The van der Waals surface area contributed by atoms with Gasteiger partial charge < -0.3 is 25.2 Å². The summed E-state index contributed by atoms with van der Waals surface area (Å²) in [5, 5.41) is 24.7. The van der Waals surface area contributed by atoms with E-state index < -0.39 is 34.9 Å². The first-order chi connectivity index (χ1) is 18.1. The molecule has 1 saturated heterocycles. The molecule has 1 aromatic heterocycles. The maximum Gasteiger partial charge on any atom is 0.309 e. The van der Waals surface area contributed by atoms with Gasteiger partial charge in [0.1, 0.15) is 17.3 Å². The van der Waals surface area contributed by atoms with Gasteiger partial charge in [-0.25, -0.2) is 13.2 Å².